The molecule has 1 aliphatic rings. The van der Waals surface area contributed by atoms with Crippen LogP contribution in [0.4, 0.5) is 5.82 Å². The van der Waals surface area contributed by atoms with Gasteiger partial charge in [0.15, 0.2) is 0 Å². The van der Waals surface area contributed by atoms with E-state index in [1.165, 1.54) is 18.0 Å². The molecule has 0 unspecified atom stereocenters. The molecule has 3 rings (SSSR count). The first-order valence-corrected chi connectivity index (χ1v) is 8.52. The van der Waals surface area contributed by atoms with Crippen LogP contribution in [0.1, 0.15) is 24.4 Å². The molecule has 2 aromatic rings. The molecule has 2 aromatic heterocycles. The first kappa shape index (κ1) is 16.2. The average molecular weight is 344 g/mol. The Labute approximate surface area is 142 Å². The summed E-state index contributed by atoms with van der Waals surface area (Å²) < 4.78 is 1.79. The molecule has 24 heavy (non-hydrogen) atoms. The van der Waals surface area contributed by atoms with Crippen LogP contribution in [0.3, 0.4) is 0 Å². The van der Waals surface area contributed by atoms with E-state index < -0.39 is 0 Å². The largest absolute Gasteiger partial charge is 0.368 e. The van der Waals surface area contributed by atoms with Gasteiger partial charge in [-0.25, -0.2) is 9.67 Å². The second-order valence-electron chi connectivity index (χ2n) is 5.25. The maximum absolute atomic E-state index is 11.8. The molecule has 0 saturated heterocycles. The van der Waals surface area contributed by atoms with E-state index in [2.05, 4.69) is 31.1 Å². The third-order valence-electron chi connectivity index (χ3n) is 3.33. The van der Waals surface area contributed by atoms with E-state index in [0.717, 1.165) is 12.8 Å². The fourth-order valence-electron chi connectivity index (χ4n) is 1.97. The van der Waals surface area contributed by atoms with Crippen LogP contribution in [0, 0.1) is 11.3 Å². The molecule has 1 amide bonds. The lowest BCUT2D eigenvalue weighted by molar-refractivity contribution is -0.118. The van der Waals surface area contributed by atoms with E-state index in [4.69, 9.17) is 5.26 Å². The molecule has 0 aromatic carbocycles. The van der Waals surface area contributed by atoms with E-state index in [-0.39, 0.29) is 11.7 Å². The van der Waals surface area contributed by atoms with Crippen LogP contribution in [0.5, 0.6) is 0 Å². The Bertz CT molecular complexity index is 734. The Balaban J connectivity index is 1.33. The lowest BCUT2D eigenvalue weighted by Gasteiger charge is -2.07. The van der Waals surface area contributed by atoms with Gasteiger partial charge in [-0.15, -0.1) is 5.10 Å². The predicted molar refractivity (Wildman–Crippen MR) is 87.3 cm³/mol. The number of rotatable bonds is 8. The molecule has 9 nitrogen and oxygen atoms in total. The molecule has 0 spiro atoms. The van der Waals surface area contributed by atoms with Gasteiger partial charge in [0.2, 0.25) is 11.1 Å². The predicted octanol–water partition coefficient (Wildman–Crippen LogP) is 0.595. The van der Waals surface area contributed by atoms with E-state index in [1.54, 1.807) is 16.8 Å². The van der Waals surface area contributed by atoms with Crippen molar-refractivity contribution in [2.75, 3.05) is 24.2 Å². The van der Waals surface area contributed by atoms with Crippen LogP contribution >= 0.6 is 11.8 Å². The van der Waals surface area contributed by atoms with Crippen LogP contribution in [-0.4, -0.2) is 49.9 Å². The fraction of sp³-hybridized carbons (Fsp3) is 0.429. The molecule has 2 heterocycles. The van der Waals surface area contributed by atoms with Crippen LogP contribution in [-0.2, 0) is 4.79 Å². The second kappa shape index (κ2) is 7.74. The Kier molecular flexibility index (Phi) is 5.22. The van der Waals surface area contributed by atoms with Gasteiger partial charge in [0.25, 0.3) is 0 Å². The minimum Gasteiger partial charge on any atom is -0.368 e. The lowest BCUT2D eigenvalue weighted by Crippen LogP contribution is -2.30. The van der Waals surface area contributed by atoms with Crippen molar-refractivity contribution in [2.45, 2.75) is 24.0 Å². The zero-order valence-electron chi connectivity index (χ0n) is 12.8. The van der Waals surface area contributed by atoms with Gasteiger partial charge in [0.05, 0.1) is 17.4 Å². The number of anilines is 1. The third kappa shape index (κ3) is 4.42. The summed E-state index contributed by atoms with van der Waals surface area (Å²) in [6, 6.07) is 5.83. The molecule has 10 heteroatoms. The smallest absolute Gasteiger partial charge is 0.230 e. The van der Waals surface area contributed by atoms with Gasteiger partial charge in [-0.1, -0.05) is 11.8 Å². The van der Waals surface area contributed by atoms with Crippen molar-refractivity contribution in [2.24, 2.45) is 0 Å². The fourth-order valence-corrected chi connectivity index (χ4v) is 2.74. The quantitative estimate of drug-likeness (QED) is 0.527. The highest BCUT2D eigenvalue weighted by Crippen LogP contribution is 2.36. The summed E-state index contributed by atoms with van der Waals surface area (Å²) in [5, 5.41) is 26.8. The van der Waals surface area contributed by atoms with Crippen molar-refractivity contribution in [1.29, 1.82) is 5.26 Å². The van der Waals surface area contributed by atoms with Gasteiger partial charge in [-0.3, -0.25) is 4.79 Å². The van der Waals surface area contributed by atoms with Gasteiger partial charge in [-0.2, -0.15) is 5.26 Å². The summed E-state index contributed by atoms with van der Waals surface area (Å²) in [6.07, 6.45) is 3.70. The van der Waals surface area contributed by atoms with E-state index in [1.807, 2.05) is 6.07 Å². The van der Waals surface area contributed by atoms with Gasteiger partial charge < -0.3 is 10.6 Å². The average Bonchev–Trinajstić information content (AvgIpc) is 3.35. The van der Waals surface area contributed by atoms with Gasteiger partial charge in [-0.05, 0) is 35.4 Å². The topological polar surface area (TPSA) is 121 Å². The SMILES string of the molecule is N#Cc1ccc(NCCNC(=O)CSc2nnnn2C2CC2)nc1. The number of pyridine rings is 1. The molecule has 124 valence electrons. The molecule has 2 N–H and O–H groups in total. The maximum atomic E-state index is 11.8. The summed E-state index contributed by atoms with van der Waals surface area (Å²) in [6.45, 7) is 1.03. The number of carbonyl (C=O) groups is 1. The van der Waals surface area contributed by atoms with E-state index in [0.29, 0.717) is 35.7 Å². The van der Waals surface area contributed by atoms with Gasteiger partial charge in [0.1, 0.15) is 11.9 Å². The van der Waals surface area contributed by atoms with Crippen LogP contribution in [0.2, 0.25) is 0 Å². The number of nitrogens with one attached hydrogen (secondary N) is 2. The molecule has 1 saturated carbocycles. The Hall–Kier alpha value is -2.67. The van der Waals surface area contributed by atoms with Crippen molar-refractivity contribution in [1.82, 2.24) is 30.5 Å². The third-order valence-corrected chi connectivity index (χ3v) is 4.27. The van der Waals surface area contributed by atoms with E-state index >= 15 is 0 Å². The number of thioether (sulfide) groups is 1. The second-order valence-corrected chi connectivity index (χ2v) is 6.19. The molecular weight excluding hydrogens is 328 g/mol. The van der Waals surface area contributed by atoms with Crippen molar-refractivity contribution in [3.63, 3.8) is 0 Å². The number of nitriles is 1. The minimum atomic E-state index is -0.0695. The number of nitrogens with zero attached hydrogens (tertiary/aromatic N) is 6. The normalized spacial score (nSPS) is 13.3. The molecule has 0 aliphatic heterocycles. The first-order chi connectivity index (χ1) is 11.8. The van der Waals surface area contributed by atoms with Crippen LogP contribution < -0.4 is 10.6 Å². The highest BCUT2D eigenvalue weighted by atomic mass is 32.2. The number of tetrazole rings is 1. The monoisotopic (exact) mass is 344 g/mol. The number of hydrogen-bond acceptors (Lipinski definition) is 8. The Morgan fingerprint density at radius 1 is 1.42 bits per heavy atom. The van der Waals surface area contributed by atoms with Crippen molar-refractivity contribution in [3.05, 3.63) is 23.9 Å². The van der Waals surface area contributed by atoms with Gasteiger partial charge >= 0.3 is 0 Å². The van der Waals surface area contributed by atoms with Crippen LogP contribution in [0.25, 0.3) is 0 Å². The molecular formula is C14H16N8OS. The first-order valence-electron chi connectivity index (χ1n) is 7.53. The van der Waals surface area contributed by atoms with Crippen molar-refractivity contribution >= 4 is 23.5 Å². The Morgan fingerprint density at radius 2 is 2.29 bits per heavy atom. The number of aromatic nitrogens is 5. The summed E-state index contributed by atoms with van der Waals surface area (Å²) in [4.78, 5) is 15.9. The lowest BCUT2D eigenvalue weighted by atomic mass is 10.3. The Morgan fingerprint density at radius 3 is 3.00 bits per heavy atom. The molecule has 0 bridgehead atoms. The summed E-state index contributed by atoms with van der Waals surface area (Å²) in [5.74, 6) is 0.878. The summed E-state index contributed by atoms with van der Waals surface area (Å²) in [7, 11) is 0. The standard InChI is InChI=1S/C14H16N8OS/c15-7-10-1-4-12(18-8-10)16-5-6-17-13(23)9-24-14-19-20-21-22(14)11-2-3-11/h1,4,8,11H,2-3,5-6,9H2,(H,16,18)(H,17,23). The molecule has 0 radical (unpaired) electrons. The van der Waals surface area contributed by atoms with E-state index in [9.17, 15) is 4.79 Å². The zero-order valence-corrected chi connectivity index (χ0v) is 13.7. The van der Waals surface area contributed by atoms with Crippen molar-refractivity contribution in [3.8, 4) is 6.07 Å². The highest BCUT2D eigenvalue weighted by Gasteiger charge is 2.28. The van der Waals surface area contributed by atoms with Crippen molar-refractivity contribution < 1.29 is 4.79 Å². The number of hydrogen-bond donors (Lipinski definition) is 2. The van der Waals surface area contributed by atoms with Gasteiger partial charge in [0, 0.05) is 19.3 Å². The number of carbonyl (C=O) groups excluding carboxylic acids is 1. The number of amides is 1. The zero-order chi connectivity index (χ0) is 16.8. The molecule has 1 fully saturated rings. The summed E-state index contributed by atoms with van der Waals surface area (Å²) >= 11 is 1.34. The maximum Gasteiger partial charge on any atom is 0.230 e. The summed E-state index contributed by atoms with van der Waals surface area (Å²) in [5.41, 5.74) is 0.513. The molecule has 0 atom stereocenters. The highest BCUT2D eigenvalue weighted by molar-refractivity contribution is 7.99. The van der Waals surface area contributed by atoms with Crippen LogP contribution in [0.15, 0.2) is 23.5 Å². The molecule has 1 aliphatic carbocycles. The minimum absolute atomic E-state index is 0.0695.